The van der Waals surface area contributed by atoms with E-state index in [1.54, 1.807) is 18.2 Å². The molecule has 7 rings (SSSR count). The molecular weight excluding hydrogens is 703 g/mol. The molecule has 5 unspecified atom stereocenters. The minimum atomic E-state index is -5.24. The summed E-state index contributed by atoms with van der Waals surface area (Å²) < 4.78 is 43.8. The van der Waals surface area contributed by atoms with Crippen LogP contribution in [-0.4, -0.2) is 68.0 Å². The lowest BCUT2D eigenvalue weighted by molar-refractivity contribution is -0.171. The van der Waals surface area contributed by atoms with Crippen molar-refractivity contribution >= 4 is 31.4 Å². The van der Waals surface area contributed by atoms with Gasteiger partial charge in [-0.3, -0.25) is 19.4 Å². The molecule has 53 heavy (non-hydrogen) atoms. The Balaban J connectivity index is 1.61. The second-order valence-electron chi connectivity index (χ2n) is 15.9. The zero-order chi connectivity index (χ0) is 38.9. The first-order valence-corrected chi connectivity index (χ1v) is 19.5. The number of rotatable bonds is 12. The summed E-state index contributed by atoms with van der Waals surface area (Å²) in [6.07, 6.45) is 12.4. The molecule has 3 N–H and O–H groups in total. The van der Waals surface area contributed by atoms with Gasteiger partial charge in [0.25, 0.3) is 0 Å². The van der Waals surface area contributed by atoms with Gasteiger partial charge in [-0.05, 0) is 93.2 Å². The molecule has 1 saturated heterocycles. The predicted octanol–water partition coefficient (Wildman–Crippen LogP) is 6.46. The molecule has 3 heterocycles. The van der Waals surface area contributed by atoms with Crippen molar-refractivity contribution < 1.29 is 57.3 Å². The number of phosphoric acid groups is 1. The highest BCUT2D eigenvalue weighted by Crippen LogP contribution is 2.69. The molecule has 13 heteroatoms. The Labute approximate surface area is 309 Å². The maximum absolute atomic E-state index is 15.1. The Morgan fingerprint density at radius 3 is 2.36 bits per heavy atom. The van der Waals surface area contributed by atoms with Crippen molar-refractivity contribution in [2.75, 3.05) is 13.2 Å². The van der Waals surface area contributed by atoms with Crippen molar-refractivity contribution in [3.63, 3.8) is 0 Å². The van der Waals surface area contributed by atoms with E-state index in [-0.39, 0.29) is 71.4 Å². The molecule has 0 aromatic heterocycles. The number of hydrogen-bond donors (Lipinski definition) is 3. The number of aliphatic hydroxyl groups is 1. The number of allylic oxidation sites excluding steroid dienone is 5. The van der Waals surface area contributed by atoms with Crippen LogP contribution in [0.2, 0.25) is 0 Å². The molecule has 2 fully saturated rings. The number of fused-ring (bicyclic) bond motifs is 2. The Kier molecular flexibility index (Phi) is 9.91. The third-order valence-electron chi connectivity index (χ3n) is 11.0. The van der Waals surface area contributed by atoms with Crippen molar-refractivity contribution in [1.82, 2.24) is 0 Å². The summed E-state index contributed by atoms with van der Waals surface area (Å²) in [5.41, 5.74) is -2.34. The summed E-state index contributed by atoms with van der Waals surface area (Å²) in [7, 11) is -5.24. The van der Waals surface area contributed by atoms with Crippen LogP contribution in [0.4, 0.5) is 0 Å². The fourth-order valence-electron chi connectivity index (χ4n) is 8.62. The Hall–Kier alpha value is -3.80. The summed E-state index contributed by atoms with van der Waals surface area (Å²) in [5.74, 6) is -2.93. The quantitative estimate of drug-likeness (QED) is 0.0922. The number of carbonyl (C=O) groups is 3. The van der Waals surface area contributed by atoms with E-state index in [9.17, 15) is 23.9 Å². The highest BCUT2D eigenvalue weighted by molar-refractivity contribution is 7.46. The minimum Gasteiger partial charge on any atom is -0.482 e. The van der Waals surface area contributed by atoms with Crippen LogP contribution in [0.15, 0.2) is 52.7 Å². The zero-order valence-electron chi connectivity index (χ0n) is 31.5. The van der Waals surface area contributed by atoms with Gasteiger partial charge in [-0.25, -0.2) is 9.36 Å². The number of hydrogen-bond acceptors (Lipinski definition) is 10. The molecule has 0 radical (unpaired) electrons. The molecule has 12 nitrogen and oxygen atoms in total. The number of carbonyl (C=O) groups excluding carboxylic acids is 3. The van der Waals surface area contributed by atoms with Gasteiger partial charge in [0.2, 0.25) is 0 Å². The van der Waals surface area contributed by atoms with Crippen molar-refractivity contribution in [3.8, 4) is 17.2 Å². The number of benzene rings is 1. The molecule has 3 aliphatic carbocycles. The molecule has 1 aromatic carbocycles. The summed E-state index contributed by atoms with van der Waals surface area (Å²) in [6, 6.07) is 0. The van der Waals surface area contributed by atoms with E-state index >= 15 is 4.79 Å². The lowest BCUT2D eigenvalue weighted by atomic mass is 9.51. The van der Waals surface area contributed by atoms with Gasteiger partial charge in [0, 0.05) is 35.0 Å². The number of ether oxygens (including phenoxy) is 4. The summed E-state index contributed by atoms with van der Waals surface area (Å²) in [4.78, 5) is 62.8. The van der Waals surface area contributed by atoms with E-state index < -0.39 is 53.8 Å². The SMILES string of the molecule is CC(C)=CCCC1(C)C=Cc2c(c(CC=C(C)C)c3c(c2OP(=O)(O)O)C(=O)C2=CC4CC5C(C)(C)OC(C/C=C(/C)C(=O)OCCO)(C4=O)C25O3)O1. The highest BCUT2D eigenvalue weighted by Gasteiger charge is 2.81. The normalized spacial score (nSPS) is 28.9. The van der Waals surface area contributed by atoms with E-state index in [2.05, 4.69) is 6.08 Å². The Morgan fingerprint density at radius 1 is 1.02 bits per heavy atom. The van der Waals surface area contributed by atoms with Crippen LogP contribution in [0.3, 0.4) is 0 Å². The van der Waals surface area contributed by atoms with Gasteiger partial charge in [-0.1, -0.05) is 35.5 Å². The fourth-order valence-corrected chi connectivity index (χ4v) is 9.04. The first kappa shape index (κ1) is 38.9. The van der Waals surface area contributed by atoms with E-state index in [0.717, 1.165) is 11.1 Å². The predicted molar refractivity (Wildman–Crippen MR) is 196 cm³/mol. The maximum Gasteiger partial charge on any atom is 0.524 e. The molecule has 6 aliphatic rings. The first-order valence-electron chi connectivity index (χ1n) is 18.0. The lowest BCUT2D eigenvalue weighted by Gasteiger charge is -2.56. The summed E-state index contributed by atoms with van der Waals surface area (Å²) >= 11 is 0. The number of Topliss-reactive ketones (excluding diaryl/α,β-unsaturated/α-hetero) is 2. The molecule has 0 amide bonds. The molecule has 5 atom stereocenters. The molecule has 3 aliphatic heterocycles. The smallest absolute Gasteiger partial charge is 0.482 e. The van der Waals surface area contributed by atoms with Crippen LogP contribution in [0, 0.1) is 11.8 Å². The molecule has 286 valence electrons. The van der Waals surface area contributed by atoms with Crippen LogP contribution in [0.1, 0.15) is 103 Å². The van der Waals surface area contributed by atoms with Gasteiger partial charge in [-0.2, -0.15) is 0 Å². The van der Waals surface area contributed by atoms with Crippen molar-refractivity contribution in [2.24, 2.45) is 11.8 Å². The van der Waals surface area contributed by atoms with Crippen LogP contribution >= 0.6 is 7.82 Å². The van der Waals surface area contributed by atoms with Gasteiger partial charge in [0.05, 0.1) is 17.8 Å². The maximum atomic E-state index is 15.1. The average molecular weight is 753 g/mol. The fraction of sp³-hybridized carbons (Fsp3) is 0.525. The number of esters is 1. The minimum absolute atomic E-state index is 0.000630. The van der Waals surface area contributed by atoms with E-state index in [4.69, 9.17) is 28.6 Å². The third kappa shape index (κ3) is 6.46. The van der Waals surface area contributed by atoms with Crippen LogP contribution < -0.4 is 14.0 Å². The number of aliphatic hydroxyl groups excluding tert-OH is 1. The van der Waals surface area contributed by atoms with Crippen LogP contribution in [0.25, 0.3) is 6.08 Å². The van der Waals surface area contributed by atoms with Gasteiger partial charge >= 0.3 is 13.8 Å². The standard InChI is InChI=1S/C40H49O12P/c1-22(2)10-9-15-38(8)16-14-27-32(49-38)26(12-11-23(3)4)33-30(34(27)51-53(45,46)47)31(42)28-20-25-21-29-37(6,7)52-39(35(25)43,40(28,29)50-33)17-13-24(5)36(44)48-19-18-41/h10-11,13-14,16,20,25,29,41H,9,12,15,17-19,21H2,1-8H3,(H2,45,46,47)/b24-13-. The molecule has 1 aromatic rings. The molecule has 4 bridgehead atoms. The van der Waals surface area contributed by atoms with E-state index in [1.807, 2.05) is 54.5 Å². The second-order valence-corrected chi connectivity index (χ2v) is 17.0. The largest absolute Gasteiger partial charge is 0.524 e. The van der Waals surface area contributed by atoms with Crippen LogP contribution in [-0.2, 0) is 30.0 Å². The van der Waals surface area contributed by atoms with Crippen molar-refractivity contribution in [3.05, 3.63) is 69.4 Å². The topological polar surface area (TPSA) is 175 Å². The van der Waals surface area contributed by atoms with Gasteiger partial charge in [0.1, 0.15) is 29.3 Å². The molecular formula is C40H49O12P. The monoisotopic (exact) mass is 752 g/mol. The Bertz CT molecular complexity index is 1970. The Morgan fingerprint density at radius 2 is 1.72 bits per heavy atom. The van der Waals surface area contributed by atoms with Gasteiger partial charge < -0.3 is 28.6 Å². The van der Waals surface area contributed by atoms with Crippen molar-refractivity contribution in [1.29, 1.82) is 0 Å². The zero-order valence-corrected chi connectivity index (χ0v) is 32.4. The van der Waals surface area contributed by atoms with Gasteiger partial charge in [-0.15, -0.1) is 0 Å². The molecule has 1 saturated carbocycles. The van der Waals surface area contributed by atoms with Gasteiger partial charge in [0.15, 0.2) is 28.5 Å². The third-order valence-corrected chi connectivity index (χ3v) is 11.4. The van der Waals surface area contributed by atoms with Crippen molar-refractivity contribution in [2.45, 2.75) is 110 Å². The van der Waals surface area contributed by atoms with E-state index in [1.165, 1.54) is 13.0 Å². The average Bonchev–Trinajstić information content (AvgIpc) is 3.21. The second kappa shape index (κ2) is 13.5. The van der Waals surface area contributed by atoms with Crippen LogP contribution in [0.5, 0.6) is 17.2 Å². The highest BCUT2D eigenvalue weighted by atomic mass is 31.2. The molecule has 1 spiro atoms. The van der Waals surface area contributed by atoms with E-state index in [0.29, 0.717) is 24.8 Å². The number of ketones is 2. The lowest BCUT2D eigenvalue weighted by Crippen LogP contribution is -2.72. The summed E-state index contributed by atoms with van der Waals surface area (Å²) in [6.45, 7) is 14.5. The number of phosphoric ester groups is 1. The summed E-state index contributed by atoms with van der Waals surface area (Å²) in [5, 5.41) is 9.16. The first-order chi connectivity index (χ1) is 24.7.